The van der Waals surface area contributed by atoms with Crippen molar-refractivity contribution in [1.82, 2.24) is 4.72 Å². The van der Waals surface area contributed by atoms with E-state index in [1.54, 1.807) is 0 Å². The summed E-state index contributed by atoms with van der Waals surface area (Å²) in [5.41, 5.74) is 4.90. The number of nitrogens with two attached hydrogens (primary N) is 1. The molecule has 8 nitrogen and oxygen atoms in total. The van der Waals surface area contributed by atoms with E-state index in [-0.39, 0.29) is 23.7 Å². The molecule has 118 valence electrons. The van der Waals surface area contributed by atoms with Gasteiger partial charge < -0.3 is 10.5 Å². The van der Waals surface area contributed by atoms with Gasteiger partial charge in [0.25, 0.3) is 5.69 Å². The van der Waals surface area contributed by atoms with Crippen LogP contribution < -0.4 is 10.5 Å². The van der Waals surface area contributed by atoms with E-state index < -0.39 is 20.6 Å². The fourth-order valence-electron chi connectivity index (χ4n) is 1.50. The van der Waals surface area contributed by atoms with E-state index in [1.807, 2.05) is 13.8 Å². The van der Waals surface area contributed by atoms with Crippen LogP contribution in [0.2, 0.25) is 0 Å². The second kappa shape index (κ2) is 7.34. The van der Waals surface area contributed by atoms with Gasteiger partial charge in [-0.3, -0.25) is 10.1 Å². The monoisotopic (exact) mass is 317 g/mol. The summed E-state index contributed by atoms with van der Waals surface area (Å²) in [5.74, 6) is 0.362. The molecule has 0 radical (unpaired) electrons. The highest BCUT2D eigenvalue weighted by Crippen LogP contribution is 2.24. The molecule has 0 aliphatic heterocycles. The predicted molar refractivity (Wildman–Crippen MR) is 78.4 cm³/mol. The molecule has 1 rings (SSSR count). The number of ether oxygens (including phenoxy) is 1. The molecule has 0 aliphatic rings. The van der Waals surface area contributed by atoms with Gasteiger partial charge >= 0.3 is 0 Å². The summed E-state index contributed by atoms with van der Waals surface area (Å²) in [6.45, 7) is 4.83. The van der Waals surface area contributed by atoms with Gasteiger partial charge in [-0.05, 0) is 18.1 Å². The van der Waals surface area contributed by atoms with Gasteiger partial charge in [0.2, 0.25) is 10.0 Å². The molecular formula is C12H19N3O5S. The summed E-state index contributed by atoms with van der Waals surface area (Å²) in [4.78, 5) is 9.83. The highest BCUT2D eigenvalue weighted by Gasteiger charge is 2.19. The van der Waals surface area contributed by atoms with Crippen molar-refractivity contribution in [3.63, 3.8) is 0 Å². The number of rotatable bonds is 8. The fraction of sp³-hybridized carbons (Fsp3) is 0.500. The maximum Gasteiger partial charge on any atom is 0.293 e. The van der Waals surface area contributed by atoms with Gasteiger partial charge in [-0.15, -0.1) is 0 Å². The van der Waals surface area contributed by atoms with Crippen LogP contribution in [0, 0.1) is 16.0 Å². The molecule has 9 heteroatoms. The quantitative estimate of drug-likeness (QED) is 0.320. The van der Waals surface area contributed by atoms with Gasteiger partial charge in [-0.1, -0.05) is 13.8 Å². The minimum Gasteiger partial charge on any atom is -0.393 e. The maximum absolute atomic E-state index is 12.0. The number of nitro groups is 1. The zero-order valence-electron chi connectivity index (χ0n) is 11.9. The van der Waals surface area contributed by atoms with E-state index in [4.69, 9.17) is 10.5 Å². The lowest BCUT2D eigenvalue weighted by Gasteiger charge is -2.09. The Morgan fingerprint density at radius 3 is 2.67 bits per heavy atom. The van der Waals surface area contributed by atoms with Gasteiger partial charge in [0.05, 0.1) is 16.4 Å². The van der Waals surface area contributed by atoms with Crippen molar-refractivity contribution in [1.29, 1.82) is 0 Å². The zero-order chi connectivity index (χ0) is 16.0. The van der Waals surface area contributed by atoms with Crippen molar-refractivity contribution in [2.75, 3.05) is 25.5 Å². The Morgan fingerprint density at radius 2 is 2.10 bits per heavy atom. The molecule has 0 fully saturated rings. The van der Waals surface area contributed by atoms with Crippen LogP contribution in [-0.4, -0.2) is 33.1 Å². The molecule has 3 N–H and O–H groups in total. The van der Waals surface area contributed by atoms with Gasteiger partial charge in [-0.2, -0.15) is 0 Å². The van der Waals surface area contributed by atoms with Crippen LogP contribution >= 0.6 is 0 Å². The SMILES string of the molecule is CC(C)COCCNS(=O)(=O)c1ccc(N)c([N+](=O)[O-])c1. The third-order valence-corrected chi connectivity index (χ3v) is 3.96. The smallest absolute Gasteiger partial charge is 0.293 e. The van der Waals surface area contributed by atoms with Crippen LogP contribution in [0.15, 0.2) is 23.1 Å². The first-order valence-corrected chi connectivity index (χ1v) is 7.83. The normalized spacial score (nSPS) is 11.8. The highest BCUT2D eigenvalue weighted by atomic mass is 32.2. The number of nitrogen functional groups attached to an aromatic ring is 1. The summed E-state index contributed by atoms with van der Waals surface area (Å²) >= 11 is 0. The summed E-state index contributed by atoms with van der Waals surface area (Å²) in [5, 5.41) is 10.8. The first-order valence-electron chi connectivity index (χ1n) is 6.35. The van der Waals surface area contributed by atoms with Crippen molar-refractivity contribution < 1.29 is 18.1 Å². The van der Waals surface area contributed by atoms with Crippen LogP contribution in [0.4, 0.5) is 11.4 Å². The van der Waals surface area contributed by atoms with Crippen LogP contribution in [0.5, 0.6) is 0 Å². The Balaban J connectivity index is 2.70. The molecule has 21 heavy (non-hydrogen) atoms. The molecule has 1 aromatic rings. The van der Waals surface area contributed by atoms with Gasteiger partial charge in [0.1, 0.15) is 5.69 Å². The lowest BCUT2D eigenvalue weighted by molar-refractivity contribution is -0.384. The number of sulfonamides is 1. The lowest BCUT2D eigenvalue weighted by atomic mass is 10.2. The maximum atomic E-state index is 12.0. The molecule has 0 unspecified atom stereocenters. The molecule has 0 spiro atoms. The Morgan fingerprint density at radius 1 is 1.43 bits per heavy atom. The fourth-order valence-corrected chi connectivity index (χ4v) is 2.53. The van der Waals surface area contributed by atoms with Gasteiger partial charge in [-0.25, -0.2) is 13.1 Å². The number of nitro benzene ring substituents is 1. The van der Waals surface area contributed by atoms with Crippen LogP contribution in [0.3, 0.4) is 0 Å². The van der Waals surface area contributed by atoms with E-state index in [2.05, 4.69) is 4.72 Å². The first kappa shape index (κ1) is 17.3. The first-order chi connectivity index (χ1) is 9.74. The number of hydrogen-bond donors (Lipinski definition) is 2. The molecule has 0 heterocycles. The average molecular weight is 317 g/mol. The van der Waals surface area contributed by atoms with E-state index in [9.17, 15) is 18.5 Å². The van der Waals surface area contributed by atoms with E-state index in [0.29, 0.717) is 12.5 Å². The minimum absolute atomic E-state index is 0.0841. The molecule has 0 saturated heterocycles. The Labute approximate surface area is 123 Å². The Kier molecular flexibility index (Phi) is 6.06. The summed E-state index contributed by atoms with van der Waals surface area (Å²) in [6, 6.07) is 3.36. The van der Waals surface area contributed by atoms with Crippen molar-refractivity contribution in [2.24, 2.45) is 5.92 Å². The standard InChI is InChI=1S/C12H19N3O5S/c1-9(2)8-20-6-5-14-21(18,19)10-3-4-11(13)12(7-10)15(16)17/h3-4,7,9,14H,5-6,8,13H2,1-2H3. The third kappa shape index (κ3) is 5.29. The van der Waals surface area contributed by atoms with Gasteiger partial charge in [0.15, 0.2) is 0 Å². The topological polar surface area (TPSA) is 125 Å². The molecule has 0 aliphatic carbocycles. The highest BCUT2D eigenvalue weighted by molar-refractivity contribution is 7.89. The van der Waals surface area contributed by atoms with Gasteiger partial charge in [0, 0.05) is 19.2 Å². The molecule has 0 bridgehead atoms. The molecule has 0 saturated carbocycles. The largest absolute Gasteiger partial charge is 0.393 e. The van der Waals surface area contributed by atoms with E-state index in [1.165, 1.54) is 12.1 Å². The van der Waals surface area contributed by atoms with E-state index >= 15 is 0 Å². The Hall–Kier alpha value is -1.71. The van der Waals surface area contributed by atoms with Crippen molar-refractivity contribution >= 4 is 21.4 Å². The second-order valence-electron chi connectivity index (χ2n) is 4.84. The molecule has 0 amide bonds. The molecule has 1 aromatic carbocycles. The summed E-state index contributed by atoms with van der Waals surface area (Å²) < 4.78 is 31.5. The second-order valence-corrected chi connectivity index (χ2v) is 6.61. The van der Waals surface area contributed by atoms with Crippen molar-refractivity contribution in [3.05, 3.63) is 28.3 Å². The lowest BCUT2D eigenvalue weighted by Crippen LogP contribution is -2.28. The van der Waals surface area contributed by atoms with Crippen LogP contribution in [0.25, 0.3) is 0 Å². The predicted octanol–water partition coefficient (Wildman–Crippen LogP) is 1.13. The Bertz CT molecular complexity index is 601. The van der Waals surface area contributed by atoms with Crippen LogP contribution in [-0.2, 0) is 14.8 Å². The number of hydrogen-bond acceptors (Lipinski definition) is 6. The van der Waals surface area contributed by atoms with E-state index in [0.717, 1.165) is 6.07 Å². The van der Waals surface area contributed by atoms with Crippen molar-refractivity contribution in [2.45, 2.75) is 18.7 Å². The molecular weight excluding hydrogens is 298 g/mol. The summed E-state index contributed by atoms with van der Waals surface area (Å²) in [6.07, 6.45) is 0. The minimum atomic E-state index is -3.82. The van der Waals surface area contributed by atoms with Crippen molar-refractivity contribution in [3.8, 4) is 0 Å². The number of benzene rings is 1. The average Bonchev–Trinajstić information content (AvgIpc) is 2.37. The molecule has 0 atom stereocenters. The number of nitrogens with one attached hydrogen (secondary N) is 1. The summed E-state index contributed by atoms with van der Waals surface area (Å²) in [7, 11) is -3.82. The number of nitrogens with zero attached hydrogens (tertiary/aromatic N) is 1. The third-order valence-electron chi connectivity index (χ3n) is 2.50. The molecule has 0 aromatic heterocycles. The zero-order valence-corrected chi connectivity index (χ0v) is 12.7. The number of anilines is 1. The van der Waals surface area contributed by atoms with Crippen LogP contribution in [0.1, 0.15) is 13.8 Å².